The molecule has 0 unspecified atom stereocenters. The van der Waals surface area contributed by atoms with Gasteiger partial charge in [-0.1, -0.05) is 84.6 Å². The maximum absolute atomic E-state index is 4.38. The molecule has 124 valence electrons. The van der Waals surface area contributed by atoms with E-state index in [2.05, 4.69) is 81.5 Å². The third kappa shape index (κ3) is 3.44. The number of nitrogens with zero attached hydrogens (tertiary/aromatic N) is 3. The largest absolute Gasteiger partial charge is 0.302 e. The van der Waals surface area contributed by atoms with Crippen LogP contribution in [0.4, 0.5) is 0 Å². The summed E-state index contributed by atoms with van der Waals surface area (Å²) in [4.78, 5) is 0. The quantitative estimate of drug-likeness (QED) is 0.473. The summed E-state index contributed by atoms with van der Waals surface area (Å²) >= 11 is 1.74. The van der Waals surface area contributed by atoms with Crippen molar-refractivity contribution in [3.05, 3.63) is 89.7 Å². The van der Waals surface area contributed by atoms with Crippen LogP contribution in [0.3, 0.4) is 0 Å². The van der Waals surface area contributed by atoms with Crippen molar-refractivity contribution in [1.29, 1.82) is 0 Å². The van der Waals surface area contributed by atoms with Gasteiger partial charge in [-0.15, -0.1) is 10.2 Å². The van der Waals surface area contributed by atoms with E-state index in [-0.39, 0.29) is 0 Å². The van der Waals surface area contributed by atoms with Crippen molar-refractivity contribution in [2.24, 2.45) is 0 Å². The number of hydrogen-bond donors (Lipinski definition) is 0. The predicted molar refractivity (Wildman–Crippen MR) is 104 cm³/mol. The fraction of sp³-hybridized carbons (Fsp3) is 0.143. The minimum atomic E-state index is 0.803. The zero-order valence-electron chi connectivity index (χ0n) is 14.1. The summed E-state index contributed by atoms with van der Waals surface area (Å²) in [5.74, 6) is 1.83. The Morgan fingerprint density at radius 2 is 1.60 bits per heavy atom. The van der Waals surface area contributed by atoms with Crippen molar-refractivity contribution in [3.8, 4) is 0 Å². The first-order chi connectivity index (χ1) is 12.3. The van der Waals surface area contributed by atoms with E-state index < -0.39 is 0 Å². The molecule has 0 aliphatic rings. The Bertz CT molecular complexity index is 987. The van der Waals surface area contributed by atoms with Crippen molar-refractivity contribution in [2.45, 2.75) is 24.4 Å². The SMILES string of the molecule is Cc1nnc(SCc2cccc3ccccc23)n1Cc1ccccc1. The van der Waals surface area contributed by atoms with Crippen LogP contribution in [0, 0.1) is 6.92 Å². The molecule has 1 aromatic heterocycles. The van der Waals surface area contributed by atoms with Crippen molar-refractivity contribution < 1.29 is 0 Å². The van der Waals surface area contributed by atoms with Gasteiger partial charge in [-0.05, 0) is 28.8 Å². The fourth-order valence-electron chi connectivity index (χ4n) is 2.98. The van der Waals surface area contributed by atoms with Crippen molar-refractivity contribution in [2.75, 3.05) is 0 Å². The van der Waals surface area contributed by atoms with Crippen LogP contribution >= 0.6 is 11.8 Å². The third-order valence-corrected chi connectivity index (χ3v) is 5.34. The summed E-state index contributed by atoms with van der Waals surface area (Å²) in [7, 11) is 0. The molecule has 0 spiro atoms. The molecule has 0 bridgehead atoms. The Kier molecular flexibility index (Phi) is 4.53. The van der Waals surface area contributed by atoms with Crippen LogP contribution in [-0.4, -0.2) is 14.8 Å². The molecule has 0 aliphatic carbocycles. The van der Waals surface area contributed by atoms with E-state index in [1.54, 1.807) is 11.8 Å². The summed E-state index contributed by atoms with van der Waals surface area (Å²) in [6.45, 7) is 2.81. The molecule has 4 aromatic rings. The second-order valence-electron chi connectivity index (χ2n) is 6.03. The Hall–Kier alpha value is -2.59. The molecule has 4 heteroatoms. The Labute approximate surface area is 151 Å². The number of fused-ring (bicyclic) bond motifs is 1. The molecule has 0 radical (unpaired) electrons. The van der Waals surface area contributed by atoms with E-state index in [1.807, 2.05) is 13.0 Å². The van der Waals surface area contributed by atoms with Gasteiger partial charge in [0.05, 0.1) is 6.54 Å². The summed E-state index contributed by atoms with van der Waals surface area (Å²) in [5, 5.41) is 12.2. The second-order valence-corrected chi connectivity index (χ2v) is 6.97. The first-order valence-electron chi connectivity index (χ1n) is 8.34. The zero-order chi connectivity index (χ0) is 17.1. The van der Waals surface area contributed by atoms with Gasteiger partial charge in [0.25, 0.3) is 0 Å². The number of aryl methyl sites for hydroxylation is 1. The summed E-state index contributed by atoms with van der Waals surface area (Å²) < 4.78 is 2.19. The third-order valence-electron chi connectivity index (χ3n) is 4.32. The maximum atomic E-state index is 4.38. The lowest BCUT2D eigenvalue weighted by Gasteiger charge is -2.09. The number of hydrogen-bond acceptors (Lipinski definition) is 3. The van der Waals surface area contributed by atoms with E-state index in [4.69, 9.17) is 0 Å². The number of aromatic nitrogens is 3. The van der Waals surface area contributed by atoms with Crippen molar-refractivity contribution in [1.82, 2.24) is 14.8 Å². The Balaban J connectivity index is 1.57. The molecule has 25 heavy (non-hydrogen) atoms. The van der Waals surface area contributed by atoms with E-state index in [0.717, 1.165) is 23.3 Å². The standard InChI is InChI=1S/C21H19N3S/c1-16-22-23-21(24(16)14-17-8-3-2-4-9-17)25-15-19-12-7-11-18-10-5-6-13-20(18)19/h2-13H,14-15H2,1H3. The monoisotopic (exact) mass is 345 g/mol. The minimum absolute atomic E-state index is 0.803. The molecular weight excluding hydrogens is 326 g/mol. The molecule has 4 rings (SSSR count). The van der Waals surface area contributed by atoms with E-state index in [9.17, 15) is 0 Å². The Morgan fingerprint density at radius 3 is 2.48 bits per heavy atom. The normalized spacial score (nSPS) is 11.1. The van der Waals surface area contributed by atoms with Crippen LogP contribution in [0.15, 0.2) is 78.0 Å². The van der Waals surface area contributed by atoms with Gasteiger partial charge in [0.15, 0.2) is 5.16 Å². The lowest BCUT2D eigenvalue weighted by Crippen LogP contribution is -2.03. The summed E-state index contributed by atoms with van der Waals surface area (Å²) in [5.41, 5.74) is 2.59. The van der Waals surface area contributed by atoms with Gasteiger partial charge in [-0.3, -0.25) is 0 Å². The molecule has 3 nitrogen and oxygen atoms in total. The minimum Gasteiger partial charge on any atom is -0.302 e. The lowest BCUT2D eigenvalue weighted by molar-refractivity contribution is 0.688. The highest BCUT2D eigenvalue weighted by atomic mass is 32.2. The smallest absolute Gasteiger partial charge is 0.191 e. The summed E-state index contributed by atoms with van der Waals surface area (Å²) in [6.07, 6.45) is 0. The second kappa shape index (κ2) is 7.11. The Morgan fingerprint density at radius 1 is 0.840 bits per heavy atom. The zero-order valence-corrected chi connectivity index (χ0v) is 14.9. The molecule has 0 N–H and O–H groups in total. The highest BCUT2D eigenvalue weighted by Crippen LogP contribution is 2.27. The van der Waals surface area contributed by atoms with Gasteiger partial charge in [0.2, 0.25) is 0 Å². The van der Waals surface area contributed by atoms with Crippen LogP contribution in [-0.2, 0) is 12.3 Å². The van der Waals surface area contributed by atoms with Crippen LogP contribution < -0.4 is 0 Å². The number of thioether (sulfide) groups is 1. The first-order valence-corrected chi connectivity index (χ1v) is 9.33. The number of rotatable bonds is 5. The van der Waals surface area contributed by atoms with E-state index in [0.29, 0.717) is 0 Å². The predicted octanol–water partition coefficient (Wildman–Crippen LogP) is 5.08. The average Bonchev–Trinajstić information content (AvgIpc) is 3.01. The van der Waals surface area contributed by atoms with Crippen LogP contribution in [0.2, 0.25) is 0 Å². The van der Waals surface area contributed by atoms with Crippen molar-refractivity contribution >= 4 is 22.5 Å². The van der Waals surface area contributed by atoms with Gasteiger partial charge >= 0.3 is 0 Å². The van der Waals surface area contributed by atoms with Gasteiger partial charge in [0, 0.05) is 5.75 Å². The molecule has 0 fully saturated rings. The molecule has 0 saturated carbocycles. The molecule has 0 aliphatic heterocycles. The molecule has 1 heterocycles. The maximum Gasteiger partial charge on any atom is 0.191 e. The van der Waals surface area contributed by atoms with E-state index in [1.165, 1.54) is 21.9 Å². The van der Waals surface area contributed by atoms with E-state index >= 15 is 0 Å². The van der Waals surface area contributed by atoms with Crippen LogP contribution in [0.25, 0.3) is 10.8 Å². The van der Waals surface area contributed by atoms with Crippen LogP contribution in [0.5, 0.6) is 0 Å². The van der Waals surface area contributed by atoms with Gasteiger partial charge < -0.3 is 4.57 Å². The highest BCUT2D eigenvalue weighted by molar-refractivity contribution is 7.98. The van der Waals surface area contributed by atoms with Crippen LogP contribution in [0.1, 0.15) is 17.0 Å². The molecule has 0 atom stereocenters. The molecule has 3 aromatic carbocycles. The number of benzene rings is 3. The average molecular weight is 345 g/mol. The fourth-order valence-corrected chi connectivity index (χ4v) is 3.96. The first kappa shape index (κ1) is 15.9. The molecule has 0 amide bonds. The lowest BCUT2D eigenvalue weighted by atomic mass is 10.1. The van der Waals surface area contributed by atoms with Gasteiger partial charge in [0.1, 0.15) is 5.82 Å². The topological polar surface area (TPSA) is 30.7 Å². The summed E-state index contributed by atoms with van der Waals surface area (Å²) in [6, 6.07) is 25.4. The van der Waals surface area contributed by atoms with Crippen molar-refractivity contribution in [3.63, 3.8) is 0 Å². The molecular formula is C21H19N3S. The molecule has 0 saturated heterocycles. The van der Waals surface area contributed by atoms with Gasteiger partial charge in [-0.2, -0.15) is 0 Å². The van der Waals surface area contributed by atoms with Gasteiger partial charge in [-0.25, -0.2) is 0 Å². The highest BCUT2D eigenvalue weighted by Gasteiger charge is 2.11.